The van der Waals surface area contributed by atoms with Crippen molar-refractivity contribution in [2.24, 2.45) is 0 Å². The van der Waals surface area contributed by atoms with E-state index in [4.69, 9.17) is 0 Å². The molecule has 3 heteroatoms. The molecule has 0 N–H and O–H groups in total. The second-order valence-electron chi connectivity index (χ2n) is 3.38. The summed E-state index contributed by atoms with van der Waals surface area (Å²) in [6.07, 6.45) is 0. The predicted molar refractivity (Wildman–Crippen MR) is 61.2 cm³/mol. The Kier molecular flexibility index (Phi) is 3.63. The summed E-state index contributed by atoms with van der Waals surface area (Å²) in [5, 5.41) is 0. The van der Waals surface area contributed by atoms with Gasteiger partial charge in [0.25, 0.3) is 0 Å². The fourth-order valence-corrected chi connectivity index (χ4v) is 1.33. The van der Waals surface area contributed by atoms with E-state index in [1.165, 1.54) is 11.3 Å². The van der Waals surface area contributed by atoms with Gasteiger partial charge in [-0.3, -0.25) is 4.31 Å². The summed E-state index contributed by atoms with van der Waals surface area (Å²) in [6, 6.07) is 8.49. The largest absolute Gasteiger partial charge is 0.378 e. The van der Waals surface area contributed by atoms with Crippen molar-refractivity contribution in [3.8, 4) is 0 Å². The van der Waals surface area contributed by atoms with Crippen molar-refractivity contribution in [2.75, 3.05) is 26.0 Å². The van der Waals surface area contributed by atoms with Gasteiger partial charge < -0.3 is 4.90 Å². The van der Waals surface area contributed by atoms with Gasteiger partial charge in [-0.05, 0) is 24.7 Å². The van der Waals surface area contributed by atoms with Crippen molar-refractivity contribution in [1.82, 2.24) is 4.31 Å². The zero-order valence-electron chi connectivity index (χ0n) is 8.36. The Bertz CT molecular complexity index is 254. The summed E-state index contributed by atoms with van der Waals surface area (Å²) < 4.78 is 1.87. The lowest BCUT2D eigenvalue weighted by atomic mass is 10.2. The molecule has 13 heavy (non-hydrogen) atoms. The molecule has 1 aromatic rings. The summed E-state index contributed by atoms with van der Waals surface area (Å²) in [6.45, 7) is 0.872. The molecule has 0 aromatic heterocycles. The van der Waals surface area contributed by atoms with Crippen molar-refractivity contribution < 1.29 is 0 Å². The molecule has 0 aliphatic carbocycles. The molecular formula is C10H16N2S. The maximum atomic E-state index is 4.20. The lowest BCUT2D eigenvalue weighted by Gasteiger charge is -2.13. The molecule has 72 valence electrons. The van der Waals surface area contributed by atoms with Gasteiger partial charge in [-0.25, -0.2) is 0 Å². The molecule has 0 amide bonds. The van der Waals surface area contributed by atoms with Crippen molar-refractivity contribution in [2.45, 2.75) is 6.54 Å². The van der Waals surface area contributed by atoms with Crippen LogP contribution in [-0.2, 0) is 6.54 Å². The average Bonchev–Trinajstić information content (AvgIpc) is 2.04. The first-order valence-corrected chi connectivity index (χ1v) is 4.66. The molecule has 0 unspecified atom stereocenters. The molecule has 0 bridgehead atoms. The van der Waals surface area contributed by atoms with E-state index >= 15 is 0 Å². The first kappa shape index (κ1) is 10.4. The summed E-state index contributed by atoms with van der Waals surface area (Å²) in [7, 11) is 6.03. The van der Waals surface area contributed by atoms with Gasteiger partial charge in [-0.1, -0.05) is 24.9 Å². The van der Waals surface area contributed by atoms with Crippen LogP contribution in [0.15, 0.2) is 24.3 Å². The van der Waals surface area contributed by atoms with E-state index in [1.807, 2.05) is 25.4 Å². The van der Waals surface area contributed by atoms with Crippen LogP contribution in [0.5, 0.6) is 0 Å². The average molecular weight is 196 g/mol. The third-order valence-electron chi connectivity index (χ3n) is 1.86. The zero-order valence-corrected chi connectivity index (χ0v) is 9.25. The molecule has 1 rings (SSSR count). The van der Waals surface area contributed by atoms with Crippen molar-refractivity contribution >= 4 is 18.5 Å². The lowest BCUT2D eigenvalue weighted by Crippen LogP contribution is -2.09. The quantitative estimate of drug-likeness (QED) is 0.739. The van der Waals surface area contributed by atoms with Crippen LogP contribution in [0.4, 0.5) is 5.69 Å². The summed E-state index contributed by atoms with van der Waals surface area (Å²) >= 11 is 4.20. The Morgan fingerprint density at radius 3 is 2.00 bits per heavy atom. The Hall–Kier alpha value is -0.670. The molecule has 1 aromatic carbocycles. The summed E-state index contributed by atoms with van der Waals surface area (Å²) in [5.74, 6) is 0. The molecule has 0 saturated heterocycles. The molecule has 0 saturated carbocycles. The number of thiol groups is 1. The predicted octanol–water partition coefficient (Wildman–Crippen LogP) is 2.03. The van der Waals surface area contributed by atoms with Gasteiger partial charge >= 0.3 is 0 Å². The van der Waals surface area contributed by atoms with Crippen molar-refractivity contribution in [3.05, 3.63) is 29.8 Å². The van der Waals surface area contributed by atoms with Gasteiger partial charge in [0.05, 0.1) is 0 Å². The van der Waals surface area contributed by atoms with Crippen LogP contribution < -0.4 is 4.90 Å². The van der Waals surface area contributed by atoms with Gasteiger partial charge in [0.2, 0.25) is 0 Å². The SMILES string of the molecule is CN(S)Cc1ccc(N(C)C)cc1. The van der Waals surface area contributed by atoms with E-state index < -0.39 is 0 Å². The minimum Gasteiger partial charge on any atom is -0.378 e. The highest BCUT2D eigenvalue weighted by molar-refractivity contribution is 7.77. The van der Waals surface area contributed by atoms with Gasteiger partial charge in [0, 0.05) is 26.3 Å². The lowest BCUT2D eigenvalue weighted by molar-refractivity contribution is 0.572. The standard InChI is InChI=1S/C10H16N2S/c1-11(2)10-6-4-9(5-7-10)8-12(3)13/h4-7,13H,8H2,1-3H3. The van der Waals surface area contributed by atoms with E-state index in [-0.39, 0.29) is 0 Å². The van der Waals surface area contributed by atoms with E-state index in [2.05, 4.69) is 42.0 Å². The molecule has 0 fully saturated rings. The zero-order chi connectivity index (χ0) is 9.84. The second kappa shape index (κ2) is 4.53. The Balaban J connectivity index is 2.70. The summed E-state index contributed by atoms with van der Waals surface area (Å²) in [4.78, 5) is 2.09. The van der Waals surface area contributed by atoms with Crippen LogP contribution in [0.25, 0.3) is 0 Å². The minimum atomic E-state index is 0.872. The van der Waals surface area contributed by atoms with E-state index in [0.717, 1.165) is 6.54 Å². The molecule has 0 aliphatic rings. The van der Waals surface area contributed by atoms with E-state index in [9.17, 15) is 0 Å². The first-order chi connectivity index (χ1) is 6.09. The van der Waals surface area contributed by atoms with Crippen LogP contribution in [0.3, 0.4) is 0 Å². The molecule has 0 aliphatic heterocycles. The Morgan fingerprint density at radius 1 is 1.08 bits per heavy atom. The molecule has 2 nitrogen and oxygen atoms in total. The molecular weight excluding hydrogens is 180 g/mol. The minimum absolute atomic E-state index is 0.872. The fraction of sp³-hybridized carbons (Fsp3) is 0.400. The normalized spacial score (nSPS) is 10.5. The number of benzene rings is 1. The highest BCUT2D eigenvalue weighted by Gasteiger charge is 1.97. The topological polar surface area (TPSA) is 6.48 Å². The van der Waals surface area contributed by atoms with Gasteiger partial charge in [0.15, 0.2) is 0 Å². The third-order valence-corrected chi connectivity index (χ3v) is 2.01. The van der Waals surface area contributed by atoms with Gasteiger partial charge in [-0.2, -0.15) is 0 Å². The highest BCUT2D eigenvalue weighted by atomic mass is 32.1. The van der Waals surface area contributed by atoms with Crippen molar-refractivity contribution in [3.63, 3.8) is 0 Å². The van der Waals surface area contributed by atoms with Crippen LogP contribution in [-0.4, -0.2) is 25.4 Å². The molecule has 0 radical (unpaired) electrons. The number of anilines is 1. The van der Waals surface area contributed by atoms with Crippen molar-refractivity contribution in [1.29, 1.82) is 0 Å². The van der Waals surface area contributed by atoms with Crippen LogP contribution >= 0.6 is 12.8 Å². The molecule has 0 heterocycles. The van der Waals surface area contributed by atoms with Gasteiger partial charge in [0.1, 0.15) is 0 Å². The number of hydrogen-bond acceptors (Lipinski definition) is 3. The summed E-state index contributed by atoms with van der Waals surface area (Å²) in [5.41, 5.74) is 2.51. The van der Waals surface area contributed by atoms with E-state index in [0.29, 0.717) is 0 Å². The highest BCUT2D eigenvalue weighted by Crippen LogP contribution is 2.13. The van der Waals surface area contributed by atoms with Crippen LogP contribution in [0.1, 0.15) is 5.56 Å². The smallest absolute Gasteiger partial charge is 0.0361 e. The Labute approximate surface area is 85.7 Å². The maximum Gasteiger partial charge on any atom is 0.0361 e. The Morgan fingerprint density at radius 2 is 1.62 bits per heavy atom. The van der Waals surface area contributed by atoms with Gasteiger partial charge in [-0.15, -0.1) is 0 Å². The third kappa shape index (κ3) is 3.28. The first-order valence-electron chi connectivity index (χ1n) is 4.26. The number of hydrogen-bond donors (Lipinski definition) is 1. The van der Waals surface area contributed by atoms with E-state index in [1.54, 1.807) is 0 Å². The molecule has 0 atom stereocenters. The molecule has 0 spiro atoms. The monoisotopic (exact) mass is 196 g/mol. The number of rotatable bonds is 3. The fourth-order valence-electron chi connectivity index (χ4n) is 1.16. The van der Waals surface area contributed by atoms with Crippen LogP contribution in [0, 0.1) is 0 Å². The maximum absolute atomic E-state index is 4.20. The second-order valence-corrected chi connectivity index (χ2v) is 4.06. The van der Waals surface area contributed by atoms with Crippen LogP contribution in [0.2, 0.25) is 0 Å². The number of nitrogens with zero attached hydrogens (tertiary/aromatic N) is 2.